The Morgan fingerprint density at radius 2 is 2.00 bits per heavy atom. The highest BCUT2D eigenvalue weighted by Gasteiger charge is 2.29. The van der Waals surface area contributed by atoms with Gasteiger partial charge in [0.1, 0.15) is 13.2 Å². The first kappa shape index (κ1) is 11.8. The maximum atomic E-state index is 11.9. The number of benzene rings is 1. The molecular formula is C15H13NO3S. The molecule has 1 N–H and O–H groups in total. The van der Waals surface area contributed by atoms with Crippen LogP contribution in [0, 0.1) is 0 Å². The van der Waals surface area contributed by atoms with Crippen LogP contribution < -0.4 is 14.8 Å². The minimum atomic E-state index is 0.0487. The summed E-state index contributed by atoms with van der Waals surface area (Å²) in [5, 5.41) is 4.97. The van der Waals surface area contributed by atoms with Crippen LogP contribution in [0.25, 0.3) is 0 Å². The molecule has 0 fully saturated rings. The monoisotopic (exact) mass is 287 g/mol. The number of hydrogen-bond acceptors (Lipinski definition) is 4. The zero-order valence-electron chi connectivity index (χ0n) is 10.7. The lowest BCUT2D eigenvalue weighted by atomic mass is 9.89. The van der Waals surface area contributed by atoms with Crippen LogP contribution in [-0.2, 0) is 4.79 Å². The van der Waals surface area contributed by atoms with E-state index >= 15 is 0 Å². The van der Waals surface area contributed by atoms with Crippen LogP contribution in [-0.4, -0.2) is 19.1 Å². The first-order valence-corrected chi connectivity index (χ1v) is 7.46. The maximum absolute atomic E-state index is 11.9. The summed E-state index contributed by atoms with van der Waals surface area (Å²) in [6, 6.07) is 7.98. The molecule has 0 aliphatic carbocycles. The van der Waals surface area contributed by atoms with E-state index in [4.69, 9.17) is 9.47 Å². The molecule has 2 aromatic rings. The van der Waals surface area contributed by atoms with Crippen molar-refractivity contribution in [1.82, 2.24) is 0 Å². The van der Waals surface area contributed by atoms with E-state index in [-0.39, 0.29) is 11.8 Å². The van der Waals surface area contributed by atoms with Crippen molar-refractivity contribution in [3.8, 4) is 11.5 Å². The van der Waals surface area contributed by atoms with Gasteiger partial charge in [0.05, 0.1) is 0 Å². The topological polar surface area (TPSA) is 47.6 Å². The molecule has 20 heavy (non-hydrogen) atoms. The molecular weight excluding hydrogens is 274 g/mol. The molecule has 1 amide bonds. The molecule has 0 bridgehead atoms. The van der Waals surface area contributed by atoms with E-state index in [0.717, 1.165) is 17.0 Å². The summed E-state index contributed by atoms with van der Waals surface area (Å²) in [5.74, 6) is 1.64. The summed E-state index contributed by atoms with van der Waals surface area (Å²) >= 11 is 1.68. The number of carbonyl (C=O) groups is 1. The average Bonchev–Trinajstić information content (AvgIpc) is 2.98. The van der Waals surface area contributed by atoms with Crippen molar-refractivity contribution in [2.45, 2.75) is 12.3 Å². The fourth-order valence-corrected chi connectivity index (χ4v) is 3.59. The number of anilines is 1. The molecule has 0 saturated carbocycles. The molecule has 102 valence electrons. The smallest absolute Gasteiger partial charge is 0.225 e. The third kappa shape index (κ3) is 1.86. The zero-order valence-corrected chi connectivity index (χ0v) is 11.5. The second kappa shape index (κ2) is 4.52. The zero-order chi connectivity index (χ0) is 13.5. The van der Waals surface area contributed by atoms with Gasteiger partial charge in [-0.15, -0.1) is 11.3 Å². The Labute approximate surface area is 120 Å². The van der Waals surface area contributed by atoms with Crippen molar-refractivity contribution < 1.29 is 14.3 Å². The lowest BCUT2D eigenvalue weighted by Gasteiger charge is -2.28. The second-order valence-corrected chi connectivity index (χ2v) is 5.88. The summed E-state index contributed by atoms with van der Waals surface area (Å²) in [7, 11) is 0. The highest BCUT2D eigenvalue weighted by Crippen LogP contribution is 2.44. The van der Waals surface area contributed by atoms with Gasteiger partial charge in [-0.05, 0) is 23.1 Å². The highest BCUT2D eigenvalue weighted by atomic mass is 32.1. The summed E-state index contributed by atoms with van der Waals surface area (Å²) in [6.07, 6.45) is 0.479. The average molecular weight is 287 g/mol. The first-order chi connectivity index (χ1) is 9.81. The predicted molar refractivity (Wildman–Crippen MR) is 76.8 cm³/mol. The molecule has 0 radical (unpaired) electrons. The van der Waals surface area contributed by atoms with Crippen LogP contribution in [0.5, 0.6) is 11.5 Å². The number of amides is 1. The van der Waals surface area contributed by atoms with Crippen LogP contribution in [0.4, 0.5) is 5.69 Å². The van der Waals surface area contributed by atoms with Gasteiger partial charge in [0, 0.05) is 29.0 Å². The Bertz CT molecular complexity index is 666. The minimum absolute atomic E-state index is 0.0487. The van der Waals surface area contributed by atoms with Gasteiger partial charge in [-0.3, -0.25) is 4.79 Å². The molecule has 2 aliphatic rings. The van der Waals surface area contributed by atoms with Gasteiger partial charge < -0.3 is 14.8 Å². The van der Waals surface area contributed by atoms with Gasteiger partial charge >= 0.3 is 0 Å². The molecule has 1 aromatic carbocycles. The van der Waals surface area contributed by atoms with Crippen molar-refractivity contribution in [2.75, 3.05) is 18.5 Å². The number of thiophene rings is 1. The van der Waals surface area contributed by atoms with E-state index in [9.17, 15) is 4.79 Å². The Morgan fingerprint density at radius 3 is 2.75 bits per heavy atom. The van der Waals surface area contributed by atoms with Crippen molar-refractivity contribution in [3.05, 3.63) is 40.1 Å². The fourth-order valence-electron chi connectivity index (χ4n) is 2.74. The molecule has 1 atom stereocenters. The standard InChI is InChI=1S/C15H13NO3S/c17-15-7-10(14-2-1-5-20-14)9-6-12-13(8-11(9)16-15)19-4-3-18-12/h1-2,5-6,8,10H,3-4,7H2,(H,16,17)/t10-/m0/s1. The second-order valence-electron chi connectivity index (χ2n) is 4.90. The van der Waals surface area contributed by atoms with Crippen molar-refractivity contribution in [2.24, 2.45) is 0 Å². The summed E-state index contributed by atoms with van der Waals surface area (Å²) < 4.78 is 11.2. The number of nitrogens with one attached hydrogen (secondary N) is 1. The summed E-state index contributed by atoms with van der Waals surface area (Å²) in [5.41, 5.74) is 1.94. The Kier molecular flexibility index (Phi) is 2.67. The van der Waals surface area contributed by atoms with E-state index in [1.807, 2.05) is 23.6 Å². The summed E-state index contributed by atoms with van der Waals surface area (Å²) in [6.45, 7) is 1.12. The van der Waals surface area contributed by atoms with E-state index in [0.29, 0.717) is 25.4 Å². The van der Waals surface area contributed by atoms with Gasteiger partial charge in [-0.25, -0.2) is 0 Å². The van der Waals surface area contributed by atoms with E-state index in [1.54, 1.807) is 11.3 Å². The van der Waals surface area contributed by atoms with Crippen molar-refractivity contribution >= 4 is 22.9 Å². The Hall–Kier alpha value is -2.01. The number of rotatable bonds is 1. The molecule has 0 unspecified atom stereocenters. The van der Waals surface area contributed by atoms with Crippen LogP contribution in [0.1, 0.15) is 22.8 Å². The normalized spacial score (nSPS) is 20.2. The van der Waals surface area contributed by atoms with E-state index < -0.39 is 0 Å². The number of hydrogen-bond donors (Lipinski definition) is 1. The van der Waals surface area contributed by atoms with Crippen molar-refractivity contribution in [3.63, 3.8) is 0 Å². The number of carbonyl (C=O) groups excluding carboxylic acids is 1. The Balaban J connectivity index is 1.85. The van der Waals surface area contributed by atoms with Crippen molar-refractivity contribution in [1.29, 1.82) is 0 Å². The summed E-state index contributed by atoms with van der Waals surface area (Å²) in [4.78, 5) is 13.1. The van der Waals surface area contributed by atoms with E-state index in [1.165, 1.54) is 4.88 Å². The van der Waals surface area contributed by atoms with Gasteiger partial charge in [0.2, 0.25) is 5.91 Å². The van der Waals surface area contributed by atoms with Gasteiger partial charge in [-0.1, -0.05) is 6.07 Å². The third-order valence-electron chi connectivity index (χ3n) is 3.64. The number of ether oxygens (including phenoxy) is 2. The van der Waals surface area contributed by atoms with Crippen LogP contribution in [0.3, 0.4) is 0 Å². The molecule has 3 heterocycles. The molecule has 2 aliphatic heterocycles. The van der Waals surface area contributed by atoms with Gasteiger partial charge in [0.25, 0.3) is 0 Å². The largest absolute Gasteiger partial charge is 0.486 e. The van der Waals surface area contributed by atoms with Crippen LogP contribution in [0.2, 0.25) is 0 Å². The third-order valence-corrected chi connectivity index (χ3v) is 4.63. The lowest BCUT2D eigenvalue weighted by Crippen LogP contribution is -2.24. The fraction of sp³-hybridized carbons (Fsp3) is 0.267. The first-order valence-electron chi connectivity index (χ1n) is 6.58. The van der Waals surface area contributed by atoms with Gasteiger partial charge in [0.15, 0.2) is 11.5 Å². The molecule has 4 rings (SSSR count). The molecule has 0 saturated heterocycles. The van der Waals surface area contributed by atoms with Crippen LogP contribution in [0.15, 0.2) is 29.6 Å². The van der Waals surface area contributed by atoms with E-state index in [2.05, 4.69) is 11.4 Å². The van der Waals surface area contributed by atoms with Gasteiger partial charge in [-0.2, -0.15) is 0 Å². The predicted octanol–water partition coefficient (Wildman–Crippen LogP) is 2.99. The highest BCUT2D eigenvalue weighted by molar-refractivity contribution is 7.10. The molecule has 0 spiro atoms. The molecule has 1 aromatic heterocycles. The quantitative estimate of drug-likeness (QED) is 0.877. The maximum Gasteiger partial charge on any atom is 0.225 e. The SMILES string of the molecule is O=C1C[C@H](c2cccs2)c2cc3c(cc2N1)OCCO3. The molecule has 5 heteroatoms. The van der Waals surface area contributed by atoms with Crippen LogP contribution >= 0.6 is 11.3 Å². The number of fused-ring (bicyclic) bond motifs is 2. The lowest BCUT2D eigenvalue weighted by molar-refractivity contribution is -0.116. The molecule has 4 nitrogen and oxygen atoms in total. The Morgan fingerprint density at radius 1 is 1.20 bits per heavy atom. The minimum Gasteiger partial charge on any atom is -0.486 e.